The molecule has 3 N–H and O–H groups in total. The molecule has 1 amide bonds. The zero-order valence-corrected chi connectivity index (χ0v) is 12.1. The Morgan fingerprint density at radius 2 is 2.20 bits per heavy atom. The molecule has 0 aliphatic carbocycles. The van der Waals surface area contributed by atoms with E-state index in [-0.39, 0.29) is 0 Å². The van der Waals surface area contributed by atoms with Crippen molar-refractivity contribution in [2.75, 3.05) is 12.3 Å². The van der Waals surface area contributed by atoms with Crippen LogP contribution in [0.15, 0.2) is 12.3 Å². The molecule has 0 bridgehead atoms. The second-order valence-electron chi connectivity index (χ2n) is 5.41. The zero-order valence-electron chi connectivity index (χ0n) is 12.1. The summed E-state index contributed by atoms with van der Waals surface area (Å²) in [6, 6.07) is 1.57. The van der Waals surface area contributed by atoms with Crippen LogP contribution < -0.4 is 11.1 Å². The first kappa shape index (κ1) is 15.9. The fourth-order valence-electron chi connectivity index (χ4n) is 1.60. The molecule has 0 unspecified atom stereocenters. The molecule has 1 rings (SSSR count). The highest BCUT2D eigenvalue weighted by atomic mass is 16.6. The Kier molecular flexibility index (Phi) is 5.49. The van der Waals surface area contributed by atoms with Gasteiger partial charge in [-0.15, -0.1) is 0 Å². The number of aromatic nitrogens is 1. The molecule has 6 heteroatoms. The van der Waals surface area contributed by atoms with Crippen molar-refractivity contribution in [1.82, 2.24) is 10.3 Å². The molecular weight excluding hydrogens is 258 g/mol. The van der Waals surface area contributed by atoms with Gasteiger partial charge in [0.25, 0.3) is 0 Å². The van der Waals surface area contributed by atoms with Gasteiger partial charge in [-0.3, -0.25) is 9.78 Å². The number of amides is 1. The number of aryl methyl sites for hydroxylation is 1. The number of carbonyl (C=O) groups excluding carboxylic acids is 2. The van der Waals surface area contributed by atoms with Gasteiger partial charge >= 0.3 is 6.09 Å². The molecule has 0 fully saturated rings. The summed E-state index contributed by atoms with van der Waals surface area (Å²) in [4.78, 5) is 26.3. The van der Waals surface area contributed by atoms with Crippen molar-refractivity contribution in [3.63, 3.8) is 0 Å². The summed E-state index contributed by atoms with van der Waals surface area (Å²) in [6.45, 7) is 5.88. The summed E-state index contributed by atoms with van der Waals surface area (Å²) in [7, 11) is 0. The molecule has 0 aliphatic heterocycles. The van der Waals surface area contributed by atoms with Crippen molar-refractivity contribution in [2.45, 2.75) is 39.2 Å². The number of hydrogen-bond donors (Lipinski definition) is 2. The summed E-state index contributed by atoms with van der Waals surface area (Å²) >= 11 is 0. The summed E-state index contributed by atoms with van der Waals surface area (Å²) in [5, 5.41) is 2.66. The molecule has 6 nitrogen and oxygen atoms in total. The first-order chi connectivity index (χ1) is 9.33. The maximum Gasteiger partial charge on any atom is 0.407 e. The lowest BCUT2D eigenvalue weighted by molar-refractivity contribution is 0.0527. The highest BCUT2D eigenvalue weighted by molar-refractivity contribution is 5.83. The average molecular weight is 279 g/mol. The number of rotatable bonds is 5. The van der Waals surface area contributed by atoms with Crippen LogP contribution in [0.25, 0.3) is 0 Å². The molecule has 1 heterocycles. The molecule has 0 atom stereocenters. The molecule has 110 valence electrons. The fraction of sp³-hybridized carbons (Fsp3) is 0.500. The van der Waals surface area contributed by atoms with Crippen molar-refractivity contribution in [1.29, 1.82) is 0 Å². The van der Waals surface area contributed by atoms with E-state index in [2.05, 4.69) is 10.3 Å². The van der Waals surface area contributed by atoms with E-state index < -0.39 is 11.7 Å². The molecule has 0 aliphatic rings. The fourth-order valence-corrected chi connectivity index (χ4v) is 1.60. The first-order valence-electron chi connectivity index (χ1n) is 6.49. The Balaban J connectivity index is 2.39. The van der Waals surface area contributed by atoms with Gasteiger partial charge < -0.3 is 15.8 Å². The average Bonchev–Trinajstić information content (AvgIpc) is 2.34. The van der Waals surface area contributed by atoms with E-state index in [0.29, 0.717) is 42.6 Å². The monoisotopic (exact) mass is 279 g/mol. The lowest BCUT2D eigenvalue weighted by Crippen LogP contribution is -2.33. The maximum absolute atomic E-state index is 11.4. The predicted molar refractivity (Wildman–Crippen MR) is 76.6 cm³/mol. The van der Waals surface area contributed by atoms with Gasteiger partial charge in [-0.1, -0.05) is 0 Å². The lowest BCUT2D eigenvalue weighted by Gasteiger charge is -2.19. The number of nitrogen functional groups attached to an aromatic ring is 1. The van der Waals surface area contributed by atoms with Crippen LogP contribution in [0.2, 0.25) is 0 Å². The minimum Gasteiger partial charge on any atom is -0.444 e. The number of pyridine rings is 1. The van der Waals surface area contributed by atoms with E-state index in [1.54, 1.807) is 12.3 Å². The molecule has 0 saturated carbocycles. The van der Waals surface area contributed by atoms with Gasteiger partial charge in [0.1, 0.15) is 5.60 Å². The molecular formula is C14H21N3O3. The smallest absolute Gasteiger partial charge is 0.407 e. The Bertz CT molecular complexity index is 481. The van der Waals surface area contributed by atoms with E-state index in [9.17, 15) is 9.59 Å². The minimum atomic E-state index is -0.506. The molecule has 0 spiro atoms. The highest BCUT2D eigenvalue weighted by Gasteiger charge is 2.15. The SMILES string of the molecule is CC(C)(C)OC(=O)NCCCc1nccc(C=O)c1N. The van der Waals surface area contributed by atoms with Gasteiger partial charge in [0.2, 0.25) is 0 Å². The van der Waals surface area contributed by atoms with Crippen LogP contribution in [-0.4, -0.2) is 29.5 Å². The first-order valence-corrected chi connectivity index (χ1v) is 6.49. The second kappa shape index (κ2) is 6.88. The van der Waals surface area contributed by atoms with E-state index in [0.717, 1.165) is 0 Å². The number of aldehydes is 1. The van der Waals surface area contributed by atoms with Crippen LogP contribution in [0.1, 0.15) is 43.2 Å². The Morgan fingerprint density at radius 3 is 2.80 bits per heavy atom. The molecule has 0 radical (unpaired) electrons. The Labute approximate surface area is 118 Å². The number of nitrogens with two attached hydrogens (primary N) is 1. The maximum atomic E-state index is 11.4. The third-order valence-corrected chi connectivity index (χ3v) is 2.49. The van der Waals surface area contributed by atoms with Crippen molar-refractivity contribution in [2.24, 2.45) is 0 Å². The van der Waals surface area contributed by atoms with Gasteiger partial charge in [0, 0.05) is 18.3 Å². The number of nitrogens with one attached hydrogen (secondary N) is 1. The third-order valence-electron chi connectivity index (χ3n) is 2.49. The van der Waals surface area contributed by atoms with Crippen LogP contribution in [0.3, 0.4) is 0 Å². The summed E-state index contributed by atoms with van der Waals surface area (Å²) in [5.41, 5.74) is 6.82. The summed E-state index contributed by atoms with van der Waals surface area (Å²) in [5.74, 6) is 0. The number of alkyl carbamates (subject to hydrolysis) is 1. The quantitative estimate of drug-likeness (QED) is 0.634. The van der Waals surface area contributed by atoms with E-state index in [1.807, 2.05) is 20.8 Å². The Hall–Kier alpha value is -2.11. The van der Waals surface area contributed by atoms with Crippen molar-refractivity contribution < 1.29 is 14.3 Å². The van der Waals surface area contributed by atoms with Crippen LogP contribution >= 0.6 is 0 Å². The van der Waals surface area contributed by atoms with Crippen LogP contribution in [0.5, 0.6) is 0 Å². The molecule has 0 aromatic carbocycles. The topological polar surface area (TPSA) is 94.3 Å². The van der Waals surface area contributed by atoms with Crippen molar-refractivity contribution in [3.8, 4) is 0 Å². The van der Waals surface area contributed by atoms with Crippen molar-refractivity contribution >= 4 is 18.1 Å². The summed E-state index contributed by atoms with van der Waals surface area (Å²) in [6.07, 6.45) is 3.07. The lowest BCUT2D eigenvalue weighted by atomic mass is 10.1. The zero-order chi connectivity index (χ0) is 15.2. The molecule has 1 aromatic heterocycles. The number of carbonyl (C=O) groups is 2. The standard InChI is InChI=1S/C14H21N3O3/c1-14(2,3)20-13(19)17-7-4-5-11-12(15)10(9-18)6-8-16-11/h6,8-9H,4-5,7,15H2,1-3H3,(H,17,19). The molecule has 1 aromatic rings. The molecule has 0 saturated heterocycles. The van der Waals surface area contributed by atoms with E-state index >= 15 is 0 Å². The van der Waals surface area contributed by atoms with Gasteiger partial charge in [-0.05, 0) is 39.7 Å². The van der Waals surface area contributed by atoms with E-state index in [4.69, 9.17) is 10.5 Å². The van der Waals surface area contributed by atoms with Crippen LogP contribution in [-0.2, 0) is 11.2 Å². The summed E-state index contributed by atoms with van der Waals surface area (Å²) < 4.78 is 5.11. The normalized spacial score (nSPS) is 10.9. The van der Waals surface area contributed by atoms with Gasteiger partial charge in [-0.2, -0.15) is 0 Å². The van der Waals surface area contributed by atoms with Crippen LogP contribution in [0.4, 0.5) is 10.5 Å². The highest BCUT2D eigenvalue weighted by Crippen LogP contribution is 2.14. The largest absolute Gasteiger partial charge is 0.444 e. The van der Waals surface area contributed by atoms with Gasteiger partial charge in [0.15, 0.2) is 6.29 Å². The number of ether oxygens (including phenoxy) is 1. The van der Waals surface area contributed by atoms with E-state index in [1.165, 1.54) is 0 Å². The number of anilines is 1. The number of hydrogen-bond acceptors (Lipinski definition) is 5. The minimum absolute atomic E-state index is 0.403. The third kappa shape index (κ3) is 5.26. The van der Waals surface area contributed by atoms with Crippen LogP contribution in [0, 0.1) is 0 Å². The van der Waals surface area contributed by atoms with Gasteiger partial charge in [0.05, 0.1) is 11.4 Å². The second-order valence-corrected chi connectivity index (χ2v) is 5.41. The number of nitrogens with zero attached hydrogens (tertiary/aromatic N) is 1. The van der Waals surface area contributed by atoms with Gasteiger partial charge in [-0.25, -0.2) is 4.79 Å². The molecule has 20 heavy (non-hydrogen) atoms. The predicted octanol–water partition coefficient (Wildman–Crippen LogP) is 1.93. The Morgan fingerprint density at radius 1 is 1.50 bits per heavy atom. The van der Waals surface area contributed by atoms with Crippen molar-refractivity contribution in [3.05, 3.63) is 23.5 Å².